The minimum Gasteiger partial charge on any atom is -0.756 e. The summed E-state index contributed by atoms with van der Waals surface area (Å²) in [5.41, 5.74) is 0. The molecule has 0 heterocycles. The number of phosphoric ester groups is 1. The molecule has 0 spiro atoms. The second-order valence-corrected chi connectivity index (χ2v) is 20.3. The molecule has 348 valence electrons. The molecular formula is C49H101N2O6P. The Morgan fingerprint density at radius 2 is 0.845 bits per heavy atom. The zero-order valence-electron chi connectivity index (χ0n) is 39.5. The third-order valence-corrected chi connectivity index (χ3v) is 12.8. The number of carbonyl (C=O) groups excluding carboxylic acids is 1. The van der Waals surface area contributed by atoms with Gasteiger partial charge in [0.15, 0.2) is 0 Å². The summed E-state index contributed by atoms with van der Waals surface area (Å²) in [4.78, 5) is 25.4. The molecule has 0 aliphatic carbocycles. The number of hydrogen-bond acceptors (Lipinski definition) is 6. The van der Waals surface area contributed by atoms with Crippen molar-refractivity contribution in [1.29, 1.82) is 0 Å². The third kappa shape index (κ3) is 43.6. The fraction of sp³-hybridized carbons (Fsp3) is 0.980. The molecule has 0 aliphatic heterocycles. The van der Waals surface area contributed by atoms with Gasteiger partial charge in [-0.25, -0.2) is 0 Å². The second-order valence-electron chi connectivity index (χ2n) is 18.9. The molecular weight excluding hydrogens is 744 g/mol. The minimum atomic E-state index is -4.56. The zero-order valence-corrected chi connectivity index (χ0v) is 40.4. The van der Waals surface area contributed by atoms with E-state index in [1.165, 1.54) is 193 Å². The summed E-state index contributed by atoms with van der Waals surface area (Å²) in [5.74, 6) is -0.160. The number of nitrogens with zero attached hydrogens (tertiary/aromatic N) is 1. The first-order valence-electron chi connectivity index (χ1n) is 25.4. The van der Waals surface area contributed by atoms with Crippen molar-refractivity contribution in [1.82, 2.24) is 5.32 Å². The molecule has 1 amide bonds. The number of rotatable bonds is 47. The molecule has 9 heteroatoms. The van der Waals surface area contributed by atoms with Gasteiger partial charge in [-0.3, -0.25) is 9.36 Å². The monoisotopic (exact) mass is 845 g/mol. The Kier molecular flexibility index (Phi) is 41.5. The number of carbonyl (C=O) groups is 1. The predicted molar refractivity (Wildman–Crippen MR) is 247 cm³/mol. The highest BCUT2D eigenvalue weighted by atomic mass is 31.2. The Morgan fingerprint density at radius 3 is 1.17 bits per heavy atom. The van der Waals surface area contributed by atoms with Gasteiger partial charge in [-0.15, -0.1) is 0 Å². The van der Waals surface area contributed by atoms with Crippen LogP contribution in [0.15, 0.2) is 0 Å². The maximum absolute atomic E-state index is 12.9. The largest absolute Gasteiger partial charge is 0.756 e. The summed E-state index contributed by atoms with van der Waals surface area (Å²) < 4.78 is 23.3. The van der Waals surface area contributed by atoms with Crippen LogP contribution in [0.1, 0.15) is 258 Å². The molecule has 2 N–H and O–H groups in total. The van der Waals surface area contributed by atoms with Crippen LogP contribution in [-0.4, -0.2) is 68.5 Å². The summed E-state index contributed by atoms with van der Waals surface area (Å²) in [7, 11) is 1.32. The van der Waals surface area contributed by atoms with E-state index in [0.717, 1.165) is 38.5 Å². The molecule has 0 aromatic heterocycles. The molecule has 8 nitrogen and oxygen atoms in total. The van der Waals surface area contributed by atoms with Crippen molar-refractivity contribution in [3.05, 3.63) is 0 Å². The highest BCUT2D eigenvalue weighted by molar-refractivity contribution is 7.45. The minimum absolute atomic E-state index is 0.0163. The molecule has 0 radical (unpaired) electrons. The lowest BCUT2D eigenvalue weighted by Crippen LogP contribution is -2.46. The van der Waals surface area contributed by atoms with Crippen LogP contribution in [0.3, 0.4) is 0 Å². The number of nitrogens with one attached hydrogen (secondary N) is 1. The van der Waals surface area contributed by atoms with Crippen LogP contribution in [0.25, 0.3) is 0 Å². The highest BCUT2D eigenvalue weighted by Crippen LogP contribution is 2.38. The average Bonchev–Trinajstić information content (AvgIpc) is 3.17. The molecule has 0 aliphatic rings. The van der Waals surface area contributed by atoms with Crippen LogP contribution in [0, 0.1) is 0 Å². The van der Waals surface area contributed by atoms with Gasteiger partial charge in [0.2, 0.25) is 5.91 Å². The van der Waals surface area contributed by atoms with E-state index in [9.17, 15) is 19.4 Å². The topological polar surface area (TPSA) is 108 Å². The summed E-state index contributed by atoms with van der Waals surface area (Å²) in [6.07, 6.45) is 46.8. The molecule has 0 bridgehead atoms. The molecule has 0 fully saturated rings. The van der Waals surface area contributed by atoms with Gasteiger partial charge < -0.3 is 28.8 Å². The summed E-state index contributed by atoms with van der Waals surface area (Å²) in [6.45, 7) is 4.76. The van der Waals surface area contributed by atoms with Crippen molar-refractivity contribution in [2.45, 2.75) is 270 Å². The molecule has 0 aromatic rings. The summed E-state index contributed by atoms with van der Waals surface area (Å²) in [5, 5.41) is 14.0. The normalized spacial score (nSPS) is 14.1. The molecule has 0 saturated carbocycles. The molecule has 58 heavy (non-hydrogen) atoms. The zero-order chi connectivity index (χ0) is 42.8. The average molecular weight is 845 g/mol. The standard InChI is InChI=1S/C49H101N2O6P/c1-6-8-10-12-14-16-18-20-22-23-24-25-26-27-28-29-30-32-34-36-38-40-42-48(52)47(46-57-58(54,55)56-45-44-51(3,4)5)50-49(53)43-41-39-37-35-33-31-21-19-17-15-13-11-9-7-2/h47-48,52H,6-46H2,1-5H3,(H-,50,53,54,55). The molecule has 3 atom stereocenters. The lowest BCUT2D eigenvalue weighted by Gasteiger charge is -2.30. The fourth-order valence-corrected chi connectivity index (χ4v) is 8.53. The van der Waals surface area contributed by atoms with Gasteiger partial charge in [-0.1, -0.05) is 239 Å². The van der Waals surface area contributed by atoms with Gasteiger partial charge in [0, 0.05) is 6.42 Å². The van der Waals surface area contributed by atoms with Crippen LogP contribution >= 0.6 is 7.82 Å². The van der Waals surface area contributed by atoms with Crippen LogP contribution in [0.5, 0.6) is 0 Å². The maximum atomic E-state index is 12.9. The SMILES string of the molecule is CCCCCCCCCCCCCCCCCCCCCCCCC(O)C(COP(=O)([O-])OCC[N+](C)(C)C)NC(=O)CCCCCCCCCCCCCCCC. The Hall–Kier alpha value is -0.500. The van der Waals surface area contributed by atoms with E-state index in [-0.39, 0.29) is 19.1 Å². The smallest absolute Gasteiger partial charge is 0.268 e. The predicted octanol–water partition coefficient (Wildman–Crippen LogP) is 13.9. The fourth-order valence-electron chi connectivity index (χ4n) is 7.81. The molecule has 0 aromatic carbocycles. The van der Waals surface area contributed by atoms with Crippen LogP contribution in [0.4, 0.5) is 0 Å². The molecule has 3 unspecified atom stereocenters. The maximum Gasteiger partial charge on any atom is 0.268 e. The van der Waals surface area contributed by atoms with Crippen molar-refractivity contribution in [2.24, 2.45) is 0 Å². The second kappa shape index (κ2) is 41.8. The van der Waals surface area contributed by atoms with Crippen molar-refractivity contribution < 1.29 is 32.9 Å². The third-order valence-electron chi connectivity index (χ3n) is 11.8. The Morgan fingerprint density at radius 1 is 0.534 bits per heavy atom. The lowest BCUT2D eigenvalue weighted by molar-refractivity contribution is -0.870. The van der Waals surface area contributed by atoms with Gasteiger partial charge in [0.05, 0.1) is 39.9 Å². The molecule has 0 rings (SSSR count). The van der Waals surface area contributed by atoms with Crippen molar-refractivity contribution in [3.8, 4) is 0 Å². The Balaban J connectivity index is 4.20. The van der Waals surface area contributed by atoms with E-state index >= 15 is 0 Å². The summed E-state index contributed by atoms with van der Waals surface area (Å²) in [6, 6.07) is -0.793. The van der Waals surface area contributed by atoms with E-state index in [2.05, 4.69) is 19.2 Å². The van der Waals surface area contributed by atoms with Crippen molar-refractivity contribution in [3.63, 3.8) is 0 Å². The van der Waals surface area contributed by atoms with Gasteiger partial charge in [-0.2, -0.15) is 0 Å². The Labute approximate surface area is 361 Å². The van der Waals surface area contributed by atoms with Gasteiger partial charge in [0.1, 0.15) is 13.2 Å². The molecule has 0 saturated heterocycles. The number of aliphatic hydroxyl groups is 1. The first-order chi connectivity index (χ1) is 28.0. The number of unbranched alkanes of at least 4 members (excludes halogenated alkanes) is 34. The van der Waals surface area contributed by atoms with Crippen LogP contribution in [0.2, 0.25) is 0 Å². The number of hydrogen-bond donors (Lipinski definition) is 2. The number of phosphoric acid groups is 1. The van der Waals surface area contributed by atoms with E-state index in [1.54, 1.807) is 0 Å². The van der Waals surface area contributed by atoms with E-state index in [1.807, 2.05) is 21.1 Å². The lowest BCUT2D eigenvalue weighted by atomic mass is 10.0. The first-order valence-corrected chi connectivity index (χ1v) is 26.8. The van der Waals surface area contributed by atoms with Gasteiger partial charge in [0.25, 0.3) is 7.82 Å². The van der Waals surface area contributed by atoms with Crippen LogP contribution in [-0.2, 0) is 18.4 Å². The van der Waals surface area contributed by atoms with Crippen molar-refractivity contribution in [2.75, 3.05) is 40.9 Å². The number of amides is 1. The number of likely N-dealkylation sites (N-methyl/N-ethyl adjacent to an activating group) is 1. The summed E-state index contributed by atoms with van der Waals surface area (Å²) >= 11 is 0. The Bertz CT molecular complexity index is 916. The van der Waals surface area contributed by atoms with E-state index in [0.29, 0.717) is 23.9 Å². The van der Waals surface area contributed by atoms with Crippen LogP contribution < -0.4 is 10.2 Å². The number of aliphatic hydroxyl groups excluding tert-OH is 1. The van der Waals surface area contributed by atoms with Gasteiger partial charge in [-0.05, 0) is 12.8 Å². The van der Waals surface area contributed by atoms with Gasteiger partial charge >= 0.3 is 0 Å². The number of quaternary nitrogens is 1. The van der Waals surface area contributed by atoms with Crippen molar-refractivity contribution >= 4 is 13.7 Å². The first kappa shape index (κ1) is 57.5. The van der Waals surface area contributed by atoms with E-state index < -0.39 is 20.0 Å². The van der Waals surface area contributed by atoms with E-state index in [4.69, 9.17) is 9.05 Å². The highest BCUT2D eigenvalue weighted by Gasteiger charge is 2.24. The quantitative estimate of drug-likeness (QED) is 0.0359.